The smallest absolute Gasteiger partial charge is 0.233 e. The van der Waals surface area contributed by atoms with Crippen LogP contribution in [0.25, 0.3) is 5.69 Å². The first-order valence-electron chi connectivity index (χ1n) is 10.4. The van der Waals surface area contributed by atoms with Crippen LogP contribution >= 0.6 is 11.8 Å². The van der Waals surface area contributed by atoms with Gasteiger partial charge in [-0.2, -0.15) is 0 Å². The third kappa shape index (κ3) is 4.35. The van der Waals surface area contributed by atoms with Gasteiger partial charge >= 0.3 is 0 Å². The monoisotopic (exact) mass is 399 g/mol. The maximum atomic E-state index is 12.7. The van der Waals surface area contributed by atoms with Crippen LogP contribution in [0.15, 0.2) is 35.5 Å². The Hall–Kier alpha value is -2.02. The third-order valence-electron chi connectivity index (χ3n) is 5.60. The second-order valence-electron chi connectivity index (χ2n) is 7.88. The van der Waals surface area contributed by atoms with Gasteiger partial charge in [0.2, 0.25) is 11.9 Å². The Balaban J connectivity index is 1.53. The molecule has 1 unspecified atom stereocenters. The standard InChI is InChI=1S/C21H29N5OS/c1-17-9-8-14-25(15-17)19(27)16-28-21-23-22-20(24-12-6-3-7-13-24)26(21)18-10-4-2-5-11-18/h2,4-5,10-11,17H,3,6-9,12-16H2,1H3. The molecule has 0 saturated carbocycles. The van der Waals surface area contributed by atoms with E-state index >= 15 is 0 Å². The summed E-state index contributed by atoms with van der Waals surface area (Å²) in [4.78, 5) is 17.0. The average molecular weight is 400 g/mol. The molecule has 2 aliphatic heterocycles. The first kappa shape index (κ1) is 19.3. The summed E-state index contributed by atoms with van der Waals surface area (Å²) in [5, 5.41) is 9.77. The summed E-state index contributed by atoms with van der Waals surface area (Å²) in [6.45, 7) is 6.02. The second kappa shape index (κ2) is 8.99. The number of rotatable bonds is 5. The van der Waals surface area contributed by atoms with Crippen LogP contribution in [0.4, 0.5) is 5.95 Å². The molecule has 4 rings (SSSR count). The number of anilines is 1. The zero-order valence-corrected chi connectivity index (χ0v) is 17.4. The van der Waals surface area contributed by atoms with E-state index < -0.39 is 0 Å². The average Bonchev–Trinajstić information content (AvgIpc) is 3.17. The number of benzene rings is 1. The van der Waals surface area contributed by atoms with Crippen molar-refractivity contribution < 1.29 is 4.79 Å². The fourth-order valence-corrected chi connectivity index (χ4v) is 4.94. The van der Waals surface area contributed by atoms with Crippen LogP contribution in [0.1, 0.15) is 39.0 Å². The van der Waals surface area contributed by atoms with Crippen molar-refractivity contribution in [3.8, 4) is 5.69 Å². The van der Waals surface area contributed by atoms with E-state index in [1.54, 1.807) is 0 Å². The minimum Gasteiger partial charge on any atom is -0.342 e. The quantitative estimate of drug-likeness (QED) is 0.719. The first-order valence-corrected chi connectivity index (χ1v) is 11.4. The minimum absolute atomic E-state index is 0.207. The lowest BCUT2D eigenvalue weighted by atomic mass is 10.0. The fraction of sp³-hybridized carbons (Fsp3) is 0.571. The Kier molecular flexibility index (Phi) is 6.20. The van der Waals surface area contributed by atoms with E-state index in [0.29, 0.717) is 11.7 Å². The topological polar surface area (TPSA) is 54.3 Å². The van der Waals surface area contributed by atoms with Crippen molar-refractivity contribution in [2.24, 2.45) is 5.92 Å². The van der Waals surface area contributed by atoms with Gasteiger partial charge in [-0.05, 0) is 50.2 Å². The maximum absolute atomic E-state index is 12.7. The zero-order valence-electron chi connectivity index (χ0n) is 16.6. The van der Waals surface area contributed by atoms with Crippen molar-refractivity contribution >= 4 is 23.6 Å². The van der Waals surface area contributed by atoms with Crippen molar-refractivity contribution in [1.29, 1.82) is 0 Å². The predicted molar refractivity (Wildman–Crippen MR) is 113 cm³/mol. The minimum atomic E-state index is 0.207. The van der Waals surface area contributed by atoms with Crippen LogP contribution < -0.4 is 4.90 Å². The highest BCUT2D eigenvalue weighted by atomic mass is 32.2. The summed E-state index contributed by atoms with van der Waals surface area (Å²) in [6, 6.07) is 10.2. The number of para-hydroxylation sites is 1. The molecule has 7 heteroatoms. The van der Waals surface area contributed by atoms with Gasteiger partial charge in [0, 0.05) is 26.2 Å². The van der Waals surface area contributed by atoms with Crippen LogP contribution in [0.5, 0.6) is 0 Å². The first-order chi connectivity index (χ1) is 13.7. The largest absolute Gasteiger partial charge is 0.342 e. The van der Waals surface area contributed by atoms with E-state index in [1.807, 2.05) is 23.1 Å². The molecule has 3 heterocycles. The molecule has 2 aromatic rings. The van der Waals surface area contributed by atoms with Gasteiger partial charge in [0.05, 0.1) is 11.4 Å². The number of amides is 1. The molecule has 1 aromatic carbocycles. The molecule has 28 heavy (non-hydrogen) atoms. The lowest BCUT2D eigenvalue weighted by Gasteiger charge is -2.30. The van der Waals surface area contributed by atoms with Gasteiger partial charge in [-0.25, -0.2) is 0 Å². The van der Waals surface area contributed by atoms with E-state index in [4.69, 9.17) is 0 Å². The van der Waals surface area contributed by atoms with Crippen molar-refractivity contribution in [2.75, 3.05) is 36.8 Å². The fourth-order valence-electron chi connectivity index (χ4n) is 4.09. The molecule has 0 aliphatic carbocycles. The predicted octanol–water partition coefficient (Wildman–Crippen LogP) is 3.61. The number of piperidine rings is 2. The highest BCUT2D eigenvalue weighted by molar-refractivity contribution is 7.99. The summed E-state index contributed by atoms with van der Waals surface area (Å²) in [5.74, 6) is 2.12. The molecule has 2 fully saturated rings. The molecule has 2 saturated heterocycles. The zero-order chi connectivity index (χ0) is 19.3. The molecule has 0 radical (unpaired) electrons. The van der Waals surface area contributed by atoms with Gasteiger partial charge in [-0.1, -0.05) is 36.9 Å². The van der Waals surface area contributed by atoms with Crippen molar-refractivity contribution in [1.82, 2.24) is 19.7 Å². The summed E-state index contributed by atoms with van der Waals surface area (Å²) >= 11 is 1.50. The maximum Gasteiger partial charge on any atom is 0.233 e. The molecule has 2 aliphatic rings. The highest BCUT2D eigenvalue weighted by Crippen LogP contribution is 2.28. The molecule has 1 atom stereocenters. The molecule has 6 nitrogen and oxygen atoms in total. The second-order valence-corrected chi connectivity index (χ2v) is 8.82. The summed E-state index contributed by atoms with van der Waals surface area (Å²) in [6.07, 6.45) is 5.99. The normalized spacial score (nSPS) is 20.4. The Labute approximate surface area is 171 Å². The number of carbonyl (C=O) groups is 1. The molecular weight excluding hydrogens is 370 g/mol. The highest BCUT2D eigenvalue weighted by Gasteiger charge is 2.24. The van der Waals surface area contributed by atoms with Crippen molar-refractivity contribution in [3.05, 3.63) is 30.3 Å². The number of hydrogen-bond acceptors (Lipinski definition) is 5. The van der Waals surface area contributed by atoms with Crippen molar-refractivity contribution in [3.63, 3.8) is 0 Å². The summed E-state index contributed by atoms with van der Waals surface area (Å²) < 4.78 is 2.11. The molecule has 1 aromatic heterocycles. The third-order valence-corrected chi connectivity index (χ3v) is 6.52. The summed E-state index contributed by atoms with van der Waals surface area (Å²) in [5.41, 5.74) is 1.05. The van der Waals surface area contributed by atoms with Gasteiger partial charge in [-0.15, -0.1) is 10.2 Å². The van der Waals surface area contributed by atoms with E-state index in [2.05, 4.69) is 38.7 Å². The van der Waals surface area contributed by atoms with Gasteiger partial charge in [-0.3, -0.25) is 9.36 Å². The van der Waals surface area contributed by atoms with E-state index in [0.717, 1.165) is 49.4 Å². The van der Waals surface area contributed by atoms with Gasteiger partial charge in [0.1, 0.15) is 0 Å². The van der Waals surface area contributed by atoms with Crippen LogP contribution in [-0.4, -0.2) is 57.5 Å². The number of hydrogen-bond donors (Lipinski definition) is 0. The van der Waals surface area contributed by atoms with Gasteiger partial charge in [0.25, 0.3) is 0 Å². The number of likely N-dealkylation sites (tertiary alicyclic amines) is 1. The summed E-state index contributed by atoms with van der Waals surface area (Å²) in [7, 11) is 0. The lowest BCUT2D eigenvalue weighted by molar-refractivity contribution is -0.130. The van der Waals surface area contributed by atoms with E-state index in [9.17, 15) is 4.79 Å². The molecule has 1 amide bonds. The van der Waals surface area contributed by atoms with Gasteiger partial charge < -0.3 is 9.80 Å². The Bertz CT molecular complexity index is 787. The number of nitrogens with zero attached hydrogens (tertiary/aromatic N) is 5. The van der Waals surface area contributed by atoms with Crippen LogP contribution in [0, 0.1) is 5.92 Å². The molecular formula is C21H29N5OS. The Morgan fingerprint density at radius 2 is 1.86 bits per heavy atom. The lowest BCUT2D eigenvalue weighted by Crippen LogP contribution is -2.40. The molecule has 150 valence electrons. The number of aromatic nitrogens is 3. The van der Waals surface area contributed by atoms with Crippen LogP contribution in [-0.2, 0) is 4.79 Å². The molecule has 0 N–H and O–H groups in total. The number of carbonyl (C=O) groups excluding carboxylic acids is 1. The Morgan fingerprint density at radius 3 is 2.61 bits per heavy atom. The van der Waals surface area contributed by atoms with Crippen LogP contribution in [0.3, 0.4) is 0 Å². The number of thioether (sulfide) groups is 1. The molecule has 0 bridgehead atoms. The van der Waals surface area contributed by atoms with Crippen LogP contribution in [0.2, 0.25) is 0 Å². The van der Waals surface area contributed by atoms with E-state index in [-0.39, 0.29) is 5.91 Å². The van der Waals surface area contributed by atoms with Crippen molar-refractivity contribution in [2.45, 2.75) is 44.2 Å². The Morgan fingerprint density at radius 1 is 1.07 bits per heavy atom. The molecule has 0 spiro atoms. The van der Waals surface area contributed by atoms with E-state index in [1.165, 1.54) is 37.4 Å². The van der Waals surface area contributed by atoms with Gasteiger partial charge in [0.15, 0.2) is 5.16 Å². The SMILES string of the molecule is CC1CCCN(C(=O)CSc2nnc(N3CCCCC3)n2-c2ccccc2)C1.